The first-order valence-corrected chi connectivity index (χ1v) is 4.27. The van der Waals surface area contributed by atoms with Gasteiger partial charge in [-0.05, 0) is 12.2 Å². The van der Waals surface area contributed by atoms with Gasteiger partial charge in [-0.2, -0.15) is 0 Å². The minimum Gasteiger partial charge on any atom is -0.497 e. The molecule has 86 valence electrons. The highest BCUT2D eigenvalue weighted by molar-refractivity contribution is 5.80. The fourth-order valence-corrected chi connectivity index (χ4v) is 1.18. The van der Waals surface area contributed by atoms with E-state index in [4.69, 9.17) is 9.84 Å². The van der Waals surface area contributed by atoms with E-state index in [9.17, 15) is 9.59 Å². The van der Waals surface area contributed by atoms with Gasteiger partial charge in [0.05, 0.1) is 12.7 Å². The Balaban J connectivity index is 0.00000225. The average molecular weight is 224 g/mol. The second-order valence-electron chi connectivity index (χ2n) is 2.89. The number of carbonyl (C=O) groups is 1. The van der Waals surface area contributed by atoms with Crippen LogP contribution in [0.2, 0.25) is 0 Å². The standard InChI is InChI=1S/C11H10O4.H2O/c1-15-10-4-2-8(3-5-11(13)14)9(6-10)7-12;/h2-6,8H,1H3,(H,13,14);1H2. The van der Waals surface area contributed by atoms with Gasteiger partial charge in [0.1, 0.15) is 11.7 Å². The molecule has 0 aromatic carbocycles. The Hall–Kier alpha value is -2.10. The van der Waals surface area contributed by atoms with Crippen LogP contribution in [0.4, 0.5) is 0 Å². The van der Waals surface area contributed by atoms with Crippen molar-refractivity contribution < 1.29 is 24.9 Å². The fraction of sp³-hybridized carbons (Fsp3) is 0.182. The van der Waals surface area contributed by atoms with Gasteiger partial charge >= 0.3 is 5.97 Å². The van der Waals surface area contributed by atoms with Crippen molar-refractivity contribution in [3.05, 3.63) is 41.7 Å². The fourth-order valence-electron chi connectivity index (χ4n) is 1.18. The molecular weight excluding hydrogens is 212 g/mol. The second kappa shape index (κ2) is 6.40. The molecule has 3 N–H and O–H groups in total. The molecule has 1 aliphatic rings. The summed E-state index contributed by atoms with van der Waals surface area (Å²) in [5.74, 6) is 0.911. The molecule has 5 nitrogen and oxygen atoms in total. The summed E-state index contributed by atoms with van der Waals surface area (Å²) in [6.45, 7) is 0. The zero-order valence-electron chi connectivity index (χ0n) is 8.64. The maximum atomic E-state index is 10.6. The first-order chi connectivity index (χ1) is 7.17. The van der Waals surface area contributed by atoms with Gasteiger partial charge in [-0.25, -0.2) is 9.59 Å². The van der Waals surface area contributed by atoms with E-state index in [0.29, 0.717) is 11.3 Å². The van der Waals surface area contributed by atoms with Crippen molar-refractivity contribution in [3.63, 3.8) is 0 Å². The highest BCUT2D eigenvalue weighted by Gasteiger charge is 2.13. The SMILES string of the molecule is COC1=CC(=C=O)C(C=CC(=O)O)C=C1.O. The van der Waals surface area contributed by atoms with Crippen molar-refractivity contribution in [2.24, 2.45) is 5.92 Å². The summed E-state index contributed by atoms with van der Waals surface area (Å²) in [6, 6.07) is 0. The molecule has 0 aromatic rings. The van der Waals surface area contributed by atoms with Crippen molar-refractivity contribution >= 4 is 11.9 Å². The van der Waals surface area contributed by atoms with E-state index in [1.807, 2.05) is 0 Å². The molecule has 1 aliphatic carbocycles. The third-order valence-electron chi connectivity index (χ3n) is 1.92. The highest BCUT2D eigenvalue weighted by atomic mass is 16.5. The second-order valence-corrected chi connectivity index (χ2v) is 2.89. The van der Waals surface area contributed by atoms with E-state index in [2.05, 4.69) is 0 Å². The molecule has 0 saturated heterocycles. The van der Waals surface area contributed by atoms with Crippen LogP contribution < -0.4 is 0 Å². The lowest BCUT2D eigenvalue weighted by atomic mass is 9.94. The number of allylic oxidation sites excluding steroid dienone is 5. The minimum absolute atomic E-state index is 0. The van der Waals surface area contributed by atoms with E-state index in [0.717, 1.165) is 6.08 Å². The normalized spacial score (nSPS) is 18.7. The molecule has 0 fully saturated rings. The lowest BCUT2D eigenvalue weighted by Crippen LogP contribution is -2.03. The zero-order chi connectivity index (χ0) is 11.3. The molecule has 16 heavy (non-hydrogen) atoms. The van der Waals surface area contributed by atoms with Gasteiger partial charge in [0.15, 0.2) is 0 Å². The molecule has 1 unspecified atom stereocenters. The third-order valence-corrected chi connectivity index (χ3v) is 1.92. The van der Waals surface area contributed by atoms with E-state index in [1.54, 1.807) is 18.1 Å². The summed E-state index contributed by atoms with van der Waals surface area (Å²) in [5.41, 5.74) is 0.354. The molecule has 1 atom stereocenters. The molecule has 0 spiro atoms. The number of rotatable bonds is 3. The van der Waals surface area contributed by atoms with Crippen molar-refractivity contribution in [2.45, 2.75) is 0 Å². The largest absolute Gasteiger partial charge is 0.497 e. The zero-order valence-corrected chi connectivity index (χ0v) is 8.64. The molecule has 1 rings (SSSR count). The lowest BCUT2D eigenvalue weighted by molar-refractivity contribution is -0.131. The molecule has 0 bridgehead atoms. The van der Waals surface area contributed by atoms with Crippen LogP contribution >= 0.6 is 0 Å². The van der Waals surface area contributed by atoms with Crippen molar-refractivity contribution in [1.82, 2.24) is 0 Å². The van der Waals surface area contributed by atoms with E-state index < -0.39 is 5.97 Å². The number of hydrogen-bond acceptors (Lipinski definition) is 3. The van der Waals surface area contributed by atoms with Crippen LogP contribution in [0, 0.1) is 5.92 Å². The van der Waals surface area contributed by atoms with Crippen molar-refractivity contribution in [2.75, 3.05) is 7.11 Å². The van der Waals surface area contributed by atoms with Crippen molar-refractivity contribution in [1.29, 1.82) is 0 Å². The van der Waals surface area contributed by atoms with Crippen LogP contribution in [0.25, 0.3) is 0 Å². The van der Waals surface area contributed by atoms with E-state index in [1.165, 1.54) is 19.3 Å². The van der Waals surface area contributed by atoms with E-state index in [-0.39, 0.29) is 11.4 Å². The van der Waals surface area contributed by atoms with Crippen molar-refractivity contribution in [3.8, 4) is 0 Å². The predicted molar refractivity (Wildman–Crippen MR) is 57.3 cm³/mol. The number of hydrogen-bond donors (Lipinski definition) is 1. The molecule has 5 heteroatoms. The van der Waals surface area contributed by atoms with Gasteiger partial charge in [0.2, 0.25) is 0 Å². The summed E-state index contributed by atoms with van der Waals surface area (Å²) in [7, 11) is 1.49. The Morgan fingerprint density at radius 1 is 1.62 bits per heavy atom. The molecule has 0 aromatic heterocycles. The van der Waals surface area contributed by atoms with Crippen LogP contribution in [-0.2, 0) is 14.3 Å². The molecule has 0 radical (unpaired) electrons. The Morgan fingerprint density at radius 3 is 2.81 bits per heavy atom. The summed E-state index contributed by atoms with van der Waals surface area (Å²) >= 11 is 0. The summed E-state index contributed by atoms with van der Waals surface area (Å²) < 4.78 is 4.93. The first kappa shape index (κ1) is 13.9. The minimum atomic E-state index is -1.05. The number of carboxylic acid groups (broad SMARTS) is 1. The topological polar surface area (TPSA) is 95.1 Å². The maximum Gasteiger partial charge on any atom is 0.328 e. The van der Waals surface area contributed by atoms with Gasteiger partial charge in [-0.3, -0.25) is 0 Å². The van der Waals surface area contributed by atoms with Crippen LogP contribution in [0.3, 0.4) is 0 Å². The average Bonchev–Trinajstić information content (AvgIpc) is 2.25. The number of methoxy groups -OCH3 is 1. The van der Waals surface area contributed by atoms with Gasteiger partial charge in [-0.15, -0.1) is 0 Å². The molecule has 0 aliphatic heterocycles. The number of carbonyl (C=O) groups excluding carboxylic acids is 1. The molecular formula is C11H12O5. The number of aliphatic carboxylic acids is 1. The monoisotopic (exact) mass is 224 g/mol. The predicted octanol–water partition coefficient (Wildman–Crippen LogP) is 0.277. The highest BCUT2D eigenvalue weighted by Crippen LogP contribution is 2.21. The van der Waals surface area contributed by atoms with Gasteiger partial charge in [-0.1, -0.05) is 12.2 Å². The quantitative estimate of drug-likeness (QED) is 0.550. The number of carboxylic acids is 1. The van der Waals surface area contributed by atoms with Crippen LogP contribution in [0.5, 0.6) is 0 Å². The van der Waals surface area contributed by atoms with Gasteiger partial charge in [0.25, 0.3) is 0 Å². The Labute approximate surface area is 92.3 Å². The van der Waals surface area contributed by atoms with Gasteiger partial charge in [0, 0.05) is 12.0 Å². The van der Waals surface area contributed by atoms with Crippen LogP contribution in [0.15, 0.2) is 41.7 Å². The maximum absolute atomic E-state index is 10.6. The Morgan fingerprint density at radius 2 is 2.31 bits per heavy atom. The molecule has 0 saturated carbocycles. The molecule has 0 heterocycles. The smallest absolute Gasteiger partial charge is 0.328 e. The van der Waals surface area contributed by atoms with Gasteiger partial charge < -0.3 is 15.3 Å². The number of ether oxygens (including phenoxy) is 1. The van der Waals surface area contributed by atoms with Crippen LogP contribution in [-0.4, -0.2) is 29.6 Å². The third kappa shape index (κ3) is 3.57. The lowest BCUT2D eigenvalue weighted by Gasteiger charge is -2.12. The van der Waals surface area contributed by atoms with Crippen LogP contribution in [0.1, 0.15) is 0 Å². The summed E-state index contributed by atoms with van der Waals surface area (Å²) in [4.78, 5) is 20.9. The first-order valence-electron chi connectivity index (χ1n) is 4.27. The van der Waals surface area contributed by atoms with E-state index >= 15 is 0 Å². The molecule has 0 amide bonds. The summed E-state index contributed by atoms with van der Waals surface area (Å²) in [6.07, 6.45) is 7.31. The Bertz CT molecular complexity index is 397. The Kier molecular flexibility index (Phi) is 5.56. The summed E-state index contributed by atoms with van der Waals surface area (Å²) in [5, 5.41) is 8.44.